The molecule has 2 heterocycles. The van der Waals surface area contributed by atoms with Crippen LogP contribution in [0.4, 0.5) is 17.3 Å². The normalized spacial score (nSPS) is 11.6. The average Bonchev–Trinajstić information content (AvgIpc) is 3.09. The summed E-state index contributed by atoms with van der Waals surface area (Å²) in [6, 6.07) is 11.7. The van der Waals surface area contributed by atoms with Gasteiger partial charge in [0.15, 0.2) is 22.3 Å². The van der Waals surface area contributed by atoms with Gasteiger partial charge in [0.2, 0.25) is 0 Å². The Kier molecular flexibility index (Phi) is 5.68. The first-order valence-electron chi connectivity index (χ1n) is 9.71. The molecule has 0 saturated carbocycles. The van der Waals surface area contributed by atoms with Crippen LogP contribution in [0, 0.1) is 13.8 Å². The predicted molar refractivity (Wildman–Crippen MR) is 119 cm³/mol. The topological polar surface area (TPSA) is 150 Å². The van der Waals surface area contributed by atoms with Crippen LogP contribution in [0.5, 0.6) is 5.75 Å². The van der Waals surface area contributed by atoms with Crippen LogP contribution in [0.25, 0.3) is 11.0 Å². The minimum Gasteiger partial charge on any atom is -0.508 e. The smallest absolute Gasteiger partial charge is 0.268 e. The Balaban J connectivity index is 1.83. The van der Waals surface area contributed by atoms with Crippen molar-refractivity contribution in [3.63, 3.8) is 0 Å². The van der Waals surface area contributed by atoms with Gasteiger partial charge in [0.1, 0.15) is 11.4 Å². The molecule has 4 aromatic rings. The van der Waals surface area contributed by atoms with E-state index < -0.39 is 10.0 Å². The number of aryl methyl sites for hydroxylation is 2. The summed E-state index contributed by atoms with van der Waals surface area (Å²) in [5.41, 5.74) is 2.41. The quantitative estimate of drug-likeness (QED) is 0.330. The van der Waals surface area contributed by atoms with Gasteiger partial charge in [0, 0.05) is 18.4 Å². The molecule has 0 aliphatic carbocycles. The monoisotopic (exact) mass is 455 g/mol. The van der Waals surface area contributed by atoms with Crippen molar-refractivity contribution in [3.05, 3.63) is 59.5 Å². The molecule has 0 fully saturated rings. The van der Waals surface area contributed by atoms with E-state index in [-0.39, 0.29) is 40.3 Å². The van der Waals surface area contributed by atoms with Crippen LogP contribution < -0.4 is 10.0 Å². The van der Waals surface area contributed by atoms with Crippen LogP contribution in [0.2, 0.25) is 0 Å². The number of aliphatic hydroxyl groups is 1. The number of hydrogen-bond acceptors (Lipinski definition) is 9. The fourth-order valence-electron chi connectivity index (χ4n) is 3.34. The Labute approximate surface area is 184 Å². The Hall–Kier alpha value is -3.70. The molecule has 0 radical (unpaired) electrons. The maximum absolute atomic E-state index is 13.1. The van der Waals surface area contributed by atoms with Crippen LogP contribution >= 0.6 is 0 Å². The molecule has 0 aliphatic heterocycles. The van der Waals surface area contributed by atoms with Crippen LogP contribution in [-0.2, 0) is 16.4 Å². The lowest BCUT2D eigenvalue weighted by molar-refractivity contribution is 0.299. The standard InChI is InChI=1S/C21H21N5O5S/c1-12-19(13(2)31-25-12)32(29,30)26-21-20(22-16-5-3-4-6-17(16)23-21)24-18-11-15(28)8-7-14(18)9-10-27/h3-8,11,27-28H,9-10H2,1-2H3,(H,22,24)(H,23,26). The molecule has 0 amide bonds. The molecule has 4 rings (SSSR count). The highest BCUT2D eigenvalue weighted by Gasteiger charge is 2.26. The number of anilines is 3. The molecule has 10 nitrogen and oxygen atoms in total. The summed E-state index contributed by atoms with van der Waals surface area (Å²) in [7, 11) is -4.08. The van der Waals surface area contributed by atoms with E-state index >= 15 is 0 Å². The fourth-order valence-corrected chi connectivity index (χ4v) is 4.68. The van der Waals surface area contributed by atoms with Gasteiger partial charge in [-0.25, -0.2) is 18.4 Å². The SMILES string of the molecule is Cc1noc(C)c1S(=O)(=O)Nc1nc2ccccc2nc1Nc1cc(O)ccc1CCO. The molecule has 2 aromatic carbocycles. The zero-order valence-corrected chi connectivity index (χ0v) is 18.1. The molecule has 2 aromatic heterocycles. The zero-order valence-electron chi connectivity index (χ0n) is 17.3. The number of aromatic hydroxyl groups is 1. The molecule has 0 bridgehead atoms. The summed E-state index contributed by atoms with van der Waals surface area (Å²) in [4.78, 5) is 8.90. The molecular weight excluding hydrogens is 434 g/mol. The molecule has 11 heteroatoms. The first kappa shape index (κ1) is 21.5. The van der Waals surface area contributed by atoms with Crippen molar-refractivity contribution in [3.8, 4) is 5.75 Å². The number of rotatable bonds is 7. The first-order valence-corrected chi connectivity index (χ1v) is 11.2. The van der Waals surface area contributed by atoms with Crippen LogP contribution in [0.1, 0.15) is 17.0 Å². The van der Waals surface area contributed by atoms with Crippen molar-refractivity contribution < 1.29 is 23.2 Å². The van der Waals surface area contributed by atoms with Crippen molar-refractivity contribution in [2.45, 2.75) is 25.2 Å². The Bertz CT molecular complexity index is 1380. The summed E-state index contributed by atoms with van der Waals surface area (Å²) in [5.74, 6) is 0.239. The number of benzene rings is 2. The number of sulfonamides is 1. The second kappa shape index (κ2) is 8.44. The van der Waals surface area contributed by atoms with Gasteiger partial charge in [0.05, 0.1) is 11.0 Å². The van der Waals surface area contributed by atoms with Gasteiger partial charge >= 0.3 is 0 Å². The fraction of sp³-hybridized carbons (Fsp3) is 0.190. The Morgan fingerprint density at radius 1 is 1.03 bits per heavy atom. The van der Waals surface area contributed by atoms with E-state index in [9.17, 15) is 18.6 Å². The minimum atomic E-state index is -4.08. The van der Waals surface area contributed by atoms with Gasteiger partial charge in [-0.05, 0) is 44.0 Å². The summed E-state index contributed by atoms with van der Waals surface area (Å²) in [5, 5.41) is 26.0. The molecule has 0 atom stereocenters. The van der Waals surface area contributed by atoms with E-state index in [2.05, 4.69) is 25.2 Å². The largest absolute Gasteiger partial charge is 0.508 e. The van der Waals surface area contributed by atoms with Crippen molar-refractivity contribution in [1.82, 2.24) is 15.1 Å². The lowest BCUT2D eigenvalue weighted by atomic mass is 10.1. The van der Waals surface area contributed by atoms with Gasteiger partial charge in [-0.2, -0.15) is 0 Å². The lowest BCUT2D eigenvalue weighted by Gasteiger charge is -2.16. The number of para-hydroxylation sites is 2. The number of nitrogens with zero attached hydrogens (tertiary/aromatic N) is 3. The van der Waals surface area contributed by atoms with E-state index in [1.165, 1.54) is 26.0 Å². The maximum atomic E-state index is 13.1. The second-order valence-electron chi connectivity index (χ2n) is 7.11. The molecule has 0 aliphatic rings. The Morgan fingerprint density at radius 3 is 2.34 bits per heavy atom. The van der Waals surface area contributed by atoms with E-state index in [0.29, 0.717) is 28.7 Å². The van der Waals surface area contributed by atoms with Gasteiger partial charge in [0.25, 0.3) is 10.0 Å². The highest BCUT2D eigenvalue weighted by Crippen LogP contribution is 2.31. The van der Waals surface area contributed by atoms with E-state index in [4.69, 9.17) is 4.52 Å². The number of aromatic nitrogens is 3. The first-order chi connectivity index (χ1) is 15.3. The number of nitrogens with one attached hydrogen (secondary N) is 2. The number of phenolic OH excluding ortho intramolecular Hbond substituents is 1. The van der Waals surface area contributed by atoms with Crippen molar-refractivity contribution in [1.29, 1.82) is 0 Å². The summed E-state index contributed by atoms with van der Waals surface area (Å²) in [6.45, 7) is 2.94. The van der Waals surface area contributed by atoms with Crippen LogP contribution in [0.3, 0.4) is 0 Å². The van der Waals surface area contributed by atoms with E-state index in [0.717, 1.165) is 0 Å². The Morgan fingerprint density at radius 2 is 1.72 bits per heavy atom. The lowest BCUT2D eigenvalue weighted by Crippen LogP contribution is -2.17. The molecule has 0 unspecified atom stereocenters. The van der Waals surface area contributed by atoms with Crippen molar-refractivity contribution in [2.24, 2.45) is 0 Å². The molecule has 0 spiro atoms. The number of phenols is 1. The third-order valence-electron chi connectivity index (χ3n) is 4.77. The van der Waals surface area contributed by atoms with Gasteiger partial charge < -0.3 is 20.1 Å². The third kappa shape index (κ3) is 4.20. The highest BCUT2D eigenvalue weighted by molar-refractivity contribution is 7.92. The zero-order chi connectivity index (χ0) is 22.9. The molecule has 4 N–H and O–H groups in total. The summed E-state index contributed by atoms with van der Waals surface area (Å²) < 4.78 is 33.7. The van der Waals surface area contributed by atoms with Crippen LogP contribution in [-0.4, -0.2) is 40.4 Å². The van der Waals surface area contributed by atoms with Crippen molar-refractivity contribution >= 4 is 38.4 Å². The number of hydrogen-bond donors (Lipinski definition) is 4. The third-order valence-corrected chi connectivity index (χ3v) is 6.35. The van der Waals surface area contributed by atoms with Gasteiger partial charge in [-0.1, -0.05) is 23.4 Å². The summed E-state index contributed by atoms with van der Waals surface area (Å²) >= 11 is 0. The second-order valence-corrected chi connectivity index (χ2v) is 8.73. The molecule has 166 valence electrons. The summed E-state index contributed by atoms with van der Waals surface area (Å²) in [6.07, 6.45) is 0.323. The number of aliphatic hydroxyl groups excluding tert-OH is 1. The van der Waals surface area contributed by atoms with Gasteiger partial charge in [-0.3, -0.25) is 4.72 Å². The molecular formula is C21H21N5O5S. The average molecular weight is 455 g/mol. The van der Waals surface area contributed by atoms with Gasteiger partial charge in [-0.15, -0.1) is 0 Å². The highest BCUT2D eigenvalue weighted by atomic mass is 32.2. The minimum absolute atomic E-state index is 0.000731. The van der Waals surface area contributed by atoms with Crippen molar-refractivity contribution in [2.75, 3.05) is 16.6 Å². The molecule has 32 heavy (non-hydrogen) atoms. The van der Waals surface area contributed by atoms with E-state index in [1.54, 1.807) is 30.3 Å². The molecule has 0 saturated heterocycles. The predicted octanol–water partition coefficient (Wildman–Crippen LogP) is 3.02. The number of fused-ring (bicyclic) bond motifs is 1. The van der Waals surface area contributed by atoms with E-state index in [1.807, 2.05) is 0 Å². The maximum Gasteiger partial charge on any atom is 0.268 e. The van der Waals surface area contributed by atoms with Crippen LogP contribution in [0.15, 0.2) is 51.9 Å².